The molecule has 3 rings (SSSR count). The first kappa shape index (κ1) is 12.2. The van der Waals surface area contributed by atoms with Gasteiger partial charge in [-0.15, -0.1) is 0 Å². The molecule has 1 aromatic carbocycles. The largest absolute Gasteiger partial charge is 0.488 e. The lowest BCUT2D eigenvalue weighted by atomic mass is 10.00. The highest BCUT2D eigenvalue weighted by Crippen LogP contribution is 2.37. The van der Waals surface area contributed by atoms with Crippen LogP contribution in [0.2, 0.25) is 0 Å². The summed E-state index contributed by atoms with van der Waals surface area (Å²) in [6.07, 6.45) is 4.79. The van der Waals surface area contributed by atoms with Gasteiger partial charge < -0.3 is 15.4 Å². The van der Waals surface area contributed by atoms with Crippen molar-refractivity contribution in [3.63, 3.8) is 0 Å². The zero-order chi connectivity index (χ0) is 13.4. The first-order chi connectivity index (χ1) is 9.13. The molecule has 1 aromatic rings. The number of nitrogens with zero attached hydrogens (tertiary/aromatic N) is 3. The number of nitrogen functional groups attached to an aromatic ring is 1. The van der Waals surface area contributed by atoms with E-state index in [1.165, 1.54) is 5.56 Å². The van der Waals surface area contributed by atoms with Gasteiger partial charge in [0, 0.05) is 36.5 Å². The molecule has 2 N–H and O–H groups in total. The smallest absolute Gasteiger partial charge is 0.125 e. The number of azo groups is 1. The Bertz CT molecular complexity index is 539. The molecule has 0 aromatic heterocycles. The molecule has 0 fully saturated rings. The van der Waals surface area contributed by atoms with Crippen LogP contribution in [0.25, 0.3) is 0 Å². The van der Waals surface area contributed by atoms with E-state index in [2.05, 4.69) is 35.3 Å². The van der Waals surface area contributed by atoms with Crippen molar-refractivity contribution in [1.29, 1.82) is 0 Å². The maximum absolute atomic E-state index is 6.09. The molecular weight excluding hydrogens is 240 g/mol. The highest BCUT2D eigenvalue weighted by atomic mass is 16.5. The van der Waals surface area contributed by atoms with Gasteiger partial charge in [-0.05, 0) is 31.8 Å². The minimum Gasteiger partial charge on any atom is -0.488 e. The molecule has 0 amide bonds. The number of nitrogens with two attached hydrogens (primary N) is 1. The van der Waals surface area contributed by atoms with Crippen LogP contribution in [-0.2, 0) is 6.42 Å². The zero-order valence-corrected chi connectivity index (χ0v) is 11.2. The van der Waals surface area contributed by atoms with E-state index in [1.54, 1.807) is 6.20 Å². The quantitative estimate of drug-likeness (QED) is 0.845. The highest BCUT2D eigenvalue weighted by molar-refractivity contribution is 5.58. The summed E-state index contributed by atoms with van der Waals surface area (Å²) in [5.74, 6) is 0.909. The van der Waals surface area contributed by atoms with Gasteiger partial charge in [0.15, 0.2) is 0 Å². The van der Waals surface area contributed by atoms with Crippen molar-refractivity contribution >= 4 is 5.69 Å². The first-order valence-corrected chi connectivity index (χ1v) is 6.44. The number of benzene rings is 1. The molecule has 5 heteroatoms. The van der Waals surface area contributed by atoms with E-state index in [4.69, 9.17) is 10.5 Å². The molecule has 19 heavy (non-hydrogen) atoms. The summed E-state index contributed by atoms with van der Waals surface area (Å²) in [6, 6.07) is 3.99. The SMILES string of the molecule is CN(C)CC1Cc2cc(C3C=CN=N3)c(N)cc2O1. The van der Waals surface area contributed by atoms with E-state index >= 15 is 0 Å². The van der Waals surface area contributed by atoms with Crippen LogP contribution in [0, 0.1) is 0 Å². The molecule has 2 unspecified atom stereocenters. The monoisotopic (exact) mass is 258 g/mol. The number of hydrogen-bond donors (Lipinski definition) is 1. The Hall–Kier alpha value is -1.88. The van der Waals surface area contributed by atoms with Gasteiger partial charge >= 0.3 is 0 Å². The molecule has 2 aliphatic heterocycles. The summed E-state index contributed by atoms with van der Waals surface area (Å²) in [6.45, 7) is 0.910. The molecule has 0 saturated carbocycles. The summed E-state index contributed by atoms with van der Waals surface area (Å²) in [5.41, 5.74) is 9.05. The molecule has 2 aliphatic rings. The first-order valence-electron chi connectivity index (χ1n) is 6.44. The Morgan fingerprint density at radius 1 is 1.42 bits per heavy atom. The lowest BCUT2D eigenvalue weighted by molar-refractivity contribution is 0.184. The van der Waals surface area contributed by atoms with Gasteiger partial charge in [0.1, 0.15) is 17.9 Å². The van der Waals surface area contributed by atoms with Crippen LogP contribution >= 0.6 is 0 Å². The number of hydrogen-bond acceptors (Lipinski definition) is 5. The lowest BCUT2D eigenvalue weighted by Crippen LogP contribution is -2.29. The summed E-state index contributed by atoms with van der Waals surface area (Å²) in [7, 11) is 4.10. The number of rotatable bonds is 3. The van der Waals surface area contributed by atoms with Gasteiger partial charge in [-0.3, -0.25) is 0 Å². The van der Waals surface area contributed by atoms with Gasteiger partial charge in [-0.1, -0.05) is 0 Å². The van der Waals surface area contributed by atoms with E-state index < -0.39 is 0 Å². The predicted octanol–water partition coefficient (Wildman–Crippen LogP) is 2.15. The van der Waals surface area contributed by atoms with Crippen LogP contribution in [0.1, 0.15) is 17.2 Å². The molecule has 0 spiro atoms. The third kappa shape index (κ3) is 2.33. The Balaban J connectivity index is 1.86. The number of fused-ring (bicyclic) bond motifs is 1. The van der Waals surface area contributed by atoms with Crippen molar-refractivity contribution in [2.75, 3.05) is 26.4 Å². The second-order valence-electron chi connectivity index (χ2n) is 5.31. The molecular formula is C14H18N4O. The van der Waals surface area contributed by atoms with Crippen LogP contribution in [0.15, 0.2) is 34.6 Å². The van der Waals surface area contributed by atoms with Gasteiger partial charge in [-0.2, -0.15) is 10.2 Å². The third-order valence-electron chi connectivity index (χ3n) is 3.42. The molecule has 0 saturated heterocycles. The molecule has 2 heterocycles. The second kappa shape index (κ2) is 4.66. The average molecular weight is 258 g/mol. The van der Waals surface area contributed by atoms with Crippen molar-refractivity contribution in [3.8, 4) is 5.75 Å². The van der Waals surface area contributed by atoms with E-state index in [0.717, 1.165) is 30.0 Å². The highest BCUT2D eigenvalue weighted by Gasteiger charge is 2.26. The Kier molecular flexibility index (Phi) is 2.98. The molecule has 0 aliphatic carbocycles. The molecule has 5 nitrogen and oxygen atoms in total. The fraction of sp³-hybridized carbons (Fsp3) is 0.429. The van der Waals surface area contributed by atoms with Crippen molar-refractivity contribution < 1.29 is 4.74 Å². The minimum atomic E-state index is -0.0433. The zero-order valence-electron chi connectivity index (χ0n) is 11.2. The fourth-order valence-electron chi connectivity index (χ4n) is 2.60. The van der Waals surface area contributed by atoms with Crippen LogP contribution < -0.4 is 10.5 Å². The number of likely N-dealkylation sites (N-methyl/N-ethyl adjacent to an activating group) is 1. The van der Waals surface area contributed by atoms with Crippen molar-refractivity contribution in [2.24, 2.45) is 10.2 Å². The Morgan fingerprint density at radius 3 is 2.95 bits per heavy atom. The molecule has 0 bridgehead atoms. The normalized spacial score (nSPS) is 23.9. The van der Waals surface area contributed by atoms with Crippen molar-refractivity contribution in [3.05, 3.63) is 35.5 Å². The standard InChI is InChI=1S/C14H18N4O/c1-18(2)8-10-5-9-6-11(13-3-4-16-17-13)12(15)7-14(9)19-10/h3-4,6-7,10,13H,5,8,15H2,1-2H3. The van der Waals surface area contributed by atoms with E-state index in [1.807, 2.05) is 12.1 Å². The van der Waals surface area contributed by atoms with Gasteiger partial charge in [0.2, 0.25) is 0 Å². The number of ether oxygens (including phenoxy) is 1. The van der Waals surface area contributed by atoms with Crippen LogP contribution in [0.5, 0.6) is 5.75 Å². The third-order valence-corrected chi connectivity index (χ3v) is 3.42. The maximum Gasteiger partial charge on any atom is 0.125 e. The Labute approximate surface area is 112 Å². The van der Waals surface area contributed by atoms with Crippen LogP contribution in [-0.4, -0.2) is 31.6 Å². The maximum atomic E-state index is 6.09. The summed E-state index contributed by atoms with van der Waals surface area (Å²) < 4.78 is 5.92. The number of anilines is 1. The lowest BCUT2D eigenvalue weighted by Gasteiger charge is -2.15. The molecule has 100 valence electrons. The van der Waals surface area contributed by atoms with Crippen molar-refractivity contribution in [2.45, 2.75) is 18.6 Å². The minimum absolute atomic E-state index is 0.0433. The van der Waals surface area contributed by atoms with Gasteiger partial charge in [0.25, 0.3) is 0 Å². The van der Waals surface area contributed by atoms with E-state index in [0.29, 0.717) is 0 Å². The average Bonchev–Trinajstić information content (AvgIpc) is 2.94. The second-order valence-corrected chi connectivity index (χ2v) is 5.31. The van der Waals surface area contributed by atoms with Gasteiger partial charge in [-0.25, -0.2) is 0 Å². The molecule has 0 radical (unpaired) electrons. The summed E-state index contributed by atoms with van der Waals surface area (Å²) in [5, 5.41) is 8.03. The summed E-state index contributed by atoms with van der Waals surface area (Å²) >= 11 is 0. The Morgan fingerprint density at radius 2 is 2.26 bits per heavy atom. The van der Waals surface area contributed by atoms with E-state index in [-0.39, 0.29) is 12.1 Å². The van der Waals surface area contributed by atoms with Crippen LogP contribution in [0.3, 0.4) is 0 Å². The molecule has 2 atom stereocenters. The van der Waals surface area contributed by atoms with Gasteiger partial charge in [0.05, 0.1) is 0 Å². The van der Waals surface area contributed by atoms with E-state index in [9.17, 15) is 0 Å². The predicted molar refractivity (Wildman–Crippen MR) is 74.3 cm³/mol. The summed E-state index contributed by atoms with van der Waals surface area (Å²) in [4.78, 5) is 2.13. The fourth-order valence-corrected chi connectivity index (χ4v) is 2.60. The van der Waals surface area contributed by atoms with Crippen LogP contribution in [0.4, 0.5) is 5.69 Å². The van der Waals surface area contributed by atoms with Crippen molar-refractivity contribution in [1.82, 2.24) is 4.90 Å². The topological polar surface area (TPSA) is 63.2 Å².